The number of hydrogen-bond donors (Lipinski definition) is 0. The monoisotopic (exact) mass is 415 g/mol. The second-order valence-corrected chi connectivity index (χ2v) is 7.33. The normalized spacial score (nSPS) is 10.8. The van der Waals surface area contributed by atoms with E-state index in [4.69, 9.17) is 4.98 Å². The number of halogens is 1. The van der Waals surface area contributed by atoms with Gasteiger partial charge in [-0.15, -0.1) is 0 Å². The summed E-state index contributed by atoms with van der Waals surface area (Å²) in [7, 11) is 0. The zero-order valence-electron chi connectivity index (χ0n) is 15.1. The highest BCUT2D eigenvalue weighted by atomic mass is 79.9. The van der Waals surface area contributed by atoms with Gasteiger partial charge in [0.15, 0.2) is 0 Å². The third-order valence-electron chi connectivity index (χ3n) is 4.50. The van der Waals surface area contributed by atoms with Gasteiger partial charge in [0, 0.05) is 16.9 Å². The molecule has 0 radical (unpaired) electrons. The van der Waals surface area contributed by atoms with Crippen LogP contribution >= 0.6 is 15.9 Å². The van der Waals surface area contributed by atoms with Crippen LogP contribution in [0.1, 0.15) is 11.1 Å². The van der Waals surface area contributed by atoms with Crippen molar-refractivity contribution in [2.75, 3.05) is 0 Å². The molecule has 0 atom stereocenters. The summed E-state index contributed by atoms with van der Waals surface area (Å²) in [6.07, 6.45) is 3.58. The van der Waals surface area contributed by atoms with Crippen molar-refractivity contribution >= 4 is 15.9 Å². The first-order chi connectivity index (χ1) is 13.1. The molecule has 0 unspecified atom stereocenters. The van der Waals surface area contributed by atoms with Gasteiger partial charge in [-0.05, 0) is 78.6 Å². The molecule has 27 heavy (non-hydrogen) atoms. The van der Waals surface area contributed by atoms with E-state index < -0.39 is 0 Å². The van der Waals surface area contributed by atoms with Crippen LogP contribution in [0.5, 0.6) is 0 Å². The maximum Gasteiger partial charge on any atom is 0.0900 e. The van der Waals surface area contributed by atoms with E-state index in [1.165, 1.54) is 16.7 Å². The van der Waals surface area contributed by atoms with E-state index in [2.05, 4.69) is 64.0 Å². The summed E-state index contributed by atoms with van der Waals surface area (Å²) in [5.74, 6) is 0. The van der Waals surface area contributed by atoms with Gasteiger partial charge < -0.3 is 0 Å². The van der Waals surface area contributed by atoms with Crippen LogP contribution in [-0.4, -0.2) is 15.0 Å². The van der Waals surface area contributed by atoms with Gasteiger partial charge in [0.1, 0.15) is 0 Å². The molecule has 0 saturated heterocycles. The largest absolute Gasteiger partial charge is 0.255 e. The molecular weight excluding hydrogens is 398 g/mol. The summed E-state index contributed by atoms with van der Waals surface area (Å²) in [4.78, 5) is 13.8. The summed E-state index contributed by atoms with van der Waals surface area (Å²) in [5, 5.41) is 0. The van der Waals surface area contributed by atoms with Crippen molar-refractivity contribution in [1.29, 1.82) is 0 Å². The first-order valence-corrected chi connectivity index (χ1v) is 9.53. The molecule has 4 aromatic rings. The standard InChI is InChI=1S/C23H18BrN3/c1-15-12-19(24)16(2)11-18(15)17-13-22(20-7-3-5-9-25-20)27-23(14-17)21-8-4-6-10-26-21/h3-14H,1-2H3. The number of rotatable bonds is 3. The Morgan fingerprint density at radius 2 is 1.26 bits per heavy atom. The van der Waals surface area contributed by atoms with Crippen LogP contribution in [0.15, 0.2) is 77.5 Å². The van der Waals surface area contributed by atoms with E-state index in [1.807, 2.05) is 36.4 Å². The summed E-state index contributed by atoms with van der Waals surface area (Å²) in [5.41, 5.74) is 8.09. The average Bonchev–Trinajstić information content (AvgIpc) is 2.72. The Labute approximate surface area is 167 Å². The van der Waals surface area contributed by atoms with Gasteiger partial charge in [0.2, 0.25) is 0 Å². The fourth-order valence-corrected chi connectivity index (χ4v) is 3.53. The molecule has 0 amide bonds. The minimum atomic E-state index is 0.841. The summed E-state index contributed by atoms with van der Waals surface area (Å²) in [6, 6.07) is 20.3. The highest BCUT2D eigenvalue weighted by molar-refractivity contribution is 9.10. The SMILES string of the molecule is Cc1cc(-c2cc(-c3ccccn3)nc(-c3ccccn3)c2)c(C)cc1Br. The fourth-order valence-electron chi connectivity index (χ4n) is 3.07. The van der Waals surface area contributed by atoms with Crippen molar-refractivity contribution in [3.05, 3.63) is 88.7 Å². The Morgan fingerprint density at radius 3 is 1.78 bits per heavy atom. The van der Waals surface area contributed by atoms with Gasteiger partial charge in [-0.2, -0.15) is 0 Å². The summed E-state index contributed by atoms with van der Waals surface area (Å²) >= 11 is 3.62. The van der Waals surface area contributed by atoms with E-state index in [0.717, 1.165) is 32.8 Å². The molecule has 0 aliphatic heterocycles. The Hall–Kier alpha value is -2.85. The number of benzene rings is 1. The first kappa shape index (κ1) is 17.6. The summed E-state index contributed by atoms with van der Waals surface area (Å²) < 4.78 is 1.12. The fraction of sp³-hybridized carbons (Fsp3) is 0.0870. The molecule has 0 fully saturated rings. The van der Waals surface area contributed by atoms with Crippen LogP contribution in [0, 0.1) is 13.8 Å². The quantitative estimate of drug-likeness (QED) is 0.396. The summed E-state index contributed by atoms with van der Waals surface area (Å²) in [6.45, 7) is 4.23. The van der Waals surface area contributed by atoms with Crippen LogP contribution in [0.3, 0.4) is 0 Å². The number of nitrogens with zero attached hydrogens (tertiary/aromatic N) is 3. The third kappa shape index (κ3) is 3.67. The van der Waals surface area contributed by atoms with Crippen LogP contribution in [0.4, 0.5) is 0 Å². The Kier molecular flexibility index (Phi) is 4.82. The topological polar surface area (TPSA) is 38.7 Å². The van der Waals surface area contributed by atoms with Gasteiger partial charge in [0.05, 0.1) is 22.8 Å². The highest BCUT2D eigenvalue weighted by Crippen LogP contribution is 2.33. The molecule has 132 valence electrons. The van der Waals surface area contributed by atoms with Crippen molar-refractivity contribution < 1.29 is 0 Å². The minimum Gasteiger partial charge on any atom is -0.255 e. The molecule has 0 bridgehead atoms. The second kappa shape index (κ2) is 7.41. The third-order valence-corrected chi connectivity index (χ3v) is 5.35. The molecular formula is C23H18BrN3. The van der Waals surface area contributed by atoms with Gasteiger partial charge in [0.25, 0.3) is 0 Å². The van der Waals surface area contributed by atoms with E-state index in [9.17, 15) is 0 Å². The molecule has 0 N–H and O–H groups in total. The highest BCUT2D eigenvalue weighted by Gasteiger charge is 2.12. The van der Waals surface area contributed by atoms with Crippen LogP contribution in [-0.2, 0) is 0 Å². The molecule has 3 heterocycles. The lowest BCUT2D eigenvalue weighted by Crippen LogP contribution is -1.95. The maximum absolute atomic E-state index is 4.83. The molecule has 3 aromatic heterocycles. The van der Waals surface area contributed by atoms with Crippen LogP contribution < -0.4 is 0 Å². The number of hydrogen-bond acceptors (Lipinski definition) is 3. The van der Waals surface area contributed by atoms with Gasteiger partial charge in [-0.3, -0.25) is 9.97 Å². The minimum absolute atomic E-state index is 0.841. The lowest BCUT2D eigenvalue weighted by atomic mass is 9.97. The molecule has 0 aliphatic rings. The van der Waals surface area contributed by atoms with E-state index in [-0.39, 0.29) is 0 Å². The molecule has 0 saturated carbocycles. The Balaban J connectivity index is 1.95. The van der Waals surface area contributed by atoms with Crippen molar-refractivity contribution in [3.63, 3.8) is 0 Å². The van der Waals surface area contributed by atoms with Gasteiger partial charge in [-0.1, -0.05) is 34.1 Å². The molecule has 3 nitrogen and oxygen atoms in total. The molecule has 4 rings (SSSR count). The van der Waals surface area contributed by atoms with Gasteiger partial charge >= 0.3 is 0 Å². The van der Waals surface area contributed by atoms with Crippen molar-refractivity contribution in [2.45, 2.75) is 13.8 Å². The number of aryl methyl sites for hydroxylation is 2. The maximum atomic E-state index is 4.83. The lowest BCUT2D eigenvalue weighted by molar-refractivity contribution is 1.22. The van der Waals surface area contributed by atoms with Crippen molar-refractivity contribution in [2.24, 2.45) is 0 Å². The zero-order valence-corrected chi connectivity index (χ0v) is 16.7. The first-order valence-electron chi connectivity index (χ1n) is 8.74. The van der Waals surface area contributed by atoms with Crippen molar-refractivity contribution in [1.82, 2.24) is 15.0 Å². The average molecular weight is 416 g/mol. The predicted molar refractivity (Wildman–Crippen MR) is 113 cm³/mol. The van der Waals surface area contributed by atoms with Crippen LogP contribution in [0.2, 0.25) is 0 Å². The molecule has 0 spiro atoms. The smallest absolute Gasteiger partial charge is 0.0900 e. The second-order valence-electron chi connectivity index (χ2n) is 6.47. The molecule has 4 heteroatoms. The zero-order chi connectivity index (χ0) is 18.8. The number of pyridine rings is 3. The molecule has 1 aromatic carbocycles. The Morgan fingerprint density at radius 1 is 0.667 bits per heavy atom. The lowest BCUT2D eigenvalue weighted by Gasteiger charge is -2.13. The number of aromatic nitrogens is 3. The van der Waals surface area contributed by atoms with Crippen molar-refractivity contribution in [3.8, 4) is 33.9 Å². The van der Waals surface area contributed by atoms with Gasteiger partial charge in [-0.25, -0.2) is 4.98 Å². The molecule has 0 aliphatic carbocycles. The predicted octanol–water partition coefficient (Wildman–Crippen LogP) is 6.25. The van der Waals surface area contributed by atoms with E-state index in [0.29, 0.717) is 0 Å². The van der Waals surface area contributed by atoms with E-state index in [1.54, 1.807) is 12.4 Å². The Bertz CT molecular complexity index is 1040. The van der Waals surface area contributed by atoms with Crippen LogP contribution in [0.25, 0.3) is 33.9 Å². The van der Waals surface area contributed by atoms with E-state index >= 15 is 0 Å².